The summed E-state index contributed by atoms with van der Waals surface area (Å²) in [5.74, 6) is 0. The van der Waals surface area contributed by atoms with Crippen molar-refractivity contribution in [3.63, 3.8) is 0 Å². The van der Waals surface area contributed by atoms with Crippen LogP contribution in [0, 0.1) is 0 Å². The van der Waals surface area contributed by atoms with Crippen molar-refractivity contribution in [2.24, 2.45) is 0 Å². The van der Waals surface area contributed by atoms with Crippen LogP contribution < -0.4 is 5.32 Å². The fourth-order valence-corrected chi connectivity index (χ4v) is 3.38. The van der Waals surface area contributed by atoms with E-state index in [2.05, 4.69) is 33.1 Å². The van der Waals surface area contributed by atoms with Crippen LogP contribution in [0.5, 0.6) is 0 Å². The van der Waals surface area contributed by atoms with Crippen LogP contribution in [0.1, 0.15) is 44.3 Å². The Morgan fingerprint density at radius 3 is 3.05 bits per heavy atom. The second-order valence-corrected chi connectivity index (χ2v) is 6.92. The first kappa shape index (κ1) is 16.9. The molecule has 0 aromatic heterocycles. The summed E-state index contributed by atoms with van der Waals surface area (Å²) in [6, 6.07) is 8.61. The van der Waals surface area contributed by atoms with Crippen LogP contribution in [0.15, 0.2) is 28.7 Å². The molecule has 1 heterocycles. The van der Waals surface area contributed by atoms with Gasteiger partial charge in [-0.25, -0.2) is 0 Å². The smallest absolute Gasteiger partial charge is 0.0914 e. The van der Waals surface area contributed by atoms with Gasteiger partial charge in [-0.2, -0.15) is 0 Å². The fourth-order valence-electron chi connectivity index (χ4n) is 2.97. The van der Waals surface area contributed by atoms with Crippen molar-refractivity contribution in [1.82, 2.24) is 10.2 Å². The second-order valence-electron chi connectivity index (χ2n) is 6.01. The number of hydrogen-bond acceptors (Lipinski definition) is 3. The van der Waals surface area contributed by atoms with Gasteiger partial charge in [-0.3, -0.25) is 0 Å². The molecule has 2 unspecified atom stereocenters. The van der Waals surface area contributed by atoms with Crippen molar-refractivity contribution in [3.05, 3.63) is 34.3 Å². The minimum Gasteiger partial charge on any atom is -0.387 e. The molecule has 0 aliphatic carbocycles. The Labute approximate surface area is 136 Å². The molecule has 118 valence electrons. The zero-order valence-corrected chi connectivity index (χ0v) is 14.5. The first-order chi connectivity index (χ1) is 10.2. The summed E-state index contributed by atoms with van der Waals surface area (Å²) in [5, 5.41) is 13.5. The molecule has 0 amide bonds. The van der Waals surface area contributed by atoms with Crippen LogP contribution in [0.2, 0.25) is 0 Å². The average Bonchev–Trinajstić information content (AvgIpc) is 2.48. The van der Waals surface area contributed by atoms with E-state index in [0.29, 0.717) is 6.54 Å². The lowest BCUT2D eigenvalue weighted by Crippen LogP contribution is -2.39. The third kappa shape index (κ3) is 5.70. The quantitative estimate of drug-likeness (QED) is 0.737. The van der Waals surface area contributed by atoms with E-state index in [4.69, 9.17) is 0 Å². The number of nitrogens with one attached hydrogen (secondary N) is 1. The number of rotatable bonds is 7. The molecule has 1 fully saturated rings. The highest BCUT2D eigenvalue weighted by Crippen LogP contribution is 2.18. The van der Waals surface area contributed by atoms with Gasteiger partial charge >= 0.3 is 0 Å². The maximum Gasteiger partial charge on any atom is 0.0914 e. The highest BCUT2D eigenvalue weighted by Gasteiger charge is 2.17. The van der Waals surface area contributed by atoms with Crippen LogP contribution >= 0.6 is 15.9 Å². The molecule has 4 heteroatoms. The van der Waals surface area contributed by atoms with Crippen LogP contribution in [0.3, 0.4) is 0 Å². The van der Waals surface area contributed by atoms with E-state index in [1.807, 2.05) is 24.3 Å². The van der Waals surface area contributed by atoms with Gasteiger partial charge in [-0.1, -0.05) is 34.5 Å². The molecular formula is C17H27BrN2O. The first-order valence-corrected chi connectivity index (χ1v) is 8.84. The fraction of sp³-hybridized carbons (Fsp3) is 0.647. The molecule has 1 aliphatic heterocycles. The number of likely N-dealkylation sites (tertiary alicyclic amines) is 1. The monoisotopic (exact) mass is 354 g/mol. The van der Waals surface area contributed by atoms with E-state index < -0.39 is 6.10 Å². The largest absolute Gasteiger partial charge is 0.387 e. The maximum absolute atomic E-state index is 10.1. The standard InChI is InChI=1S/C17H27BrN2O/c1-14-6-2-3-10-20(14)11-5-9-19-13-17(21)15-7-4-8-16(18)12-15/h4,7-8,12,14,17,19,21H,2-3,5-6,9-11,13H2,1H3. The van der Waals surface area contributed by atoms with Crippen molar-refractivity contribution in [3.8, 4) is 0 Å². The third-order valence-electron chi connectivity index (χ3n) is 4.31. The minimum atomic E-state index is -0.434. The minimum absolute atomic E-state index is 0.434. The number of hydrogen-bond donors (Lipinski definition) is 2. The number of piperidine rings is 1. The number of nitrogens with zero attached hydrogens (tertiary/aromatic N) is 1. The number of benzene rings is 1. The van der Waals surface area contributed by atoms with Gasteiger partial charge in [0.1, 0.15) is 0 Å². The summed E-state index contributed by atoms with van der Waals surface area (Å²) < 4.78 is 1.01. The highest BCUT2D eigenvalue weighted by atomic mass is 79.9. The van der Waals surface area contributed by atoms with Crippen LogP contribution in [0.25, 0.3) is 0 Å². The Bertz CT molecular complexity index is 427. The molecule has 1 aromatic carbocycles. The first-order valence-electron chi connectivity index (χ1n) is 8.05. The van der Waals surface area contributed by atoms with E-state index in [1.54, 1.807) is 0 Å². The SMILES string of the molecule is CC1CCCCN1CCCNCC(O)c1cccc(Br)c1. The summed E-state index contributed by atoms with van der Waals surface area (Å²) >= 11 is 3.44. The van der Waals surface area contributed by atoms with Crippen molar-refractivity contribution < 1.29 is 5.11 Å². The zero-order chi connectivity index (χ0) is 15.1. The summed E-state index contributed by atoms with van der Waals surface area (Å²) in [6.07, 6.45) is 4.79. The van der Waals surface area contributed by atoms with E-state index in [0.717, 1.165) is 29.0 Å². The molecule has 3 nitrogen and oxygen atoms in total. The van der Waals surface area contributed by atoms with E-state index in [9.17, 15) is 5.11 Å². The molecule has 1 aromatic rings. The van der Waals surface area contributed by atoms with Crippen molar-refractivity contribution in [2.75, 3.05) is 26.2 Å². The number of halogens is 1. The van der Waals surface area contributed by atoms with Gasteiger partial charge in [0.15, 0.2) is 0 Å². The van der Waals surface area contributed by atoms with Crippen LogP contribution in [-0.4, -0.2) is 42.2 Å². The van der Waals surface area contributed by atoms with Gasteiger partial charge in [-0.15, -0.1) is 0 Å². The highest BCUT2D eigenvalue weighted by molar-refractivity contribution is 9.10. The van der Waals surface area contributed by atoms with Crippen LogP contribution in [-0.2, 0) is 0 Å². The molecule has 2 atom stereocenters. The summed E-state index contributed by atoms with van der Waals surface area (Å²) in [4.78, 5) is 2.59. The van der Waals surface area contributed by atoms with Gasteiger partial charge in [0, 0.05) is 17.1 Å². The predicted octanol–water partition coefficient (Wildman–Crippen LogP) is 3.34. The summed E-state index contributed by atoms with van der Waals surface area (Å²) in [7, 11) is 0. The molecule has 1 aliphatic rings. The van der Waals surface area contributed by atoms with Crippen molar-refractivity contribution in [1.29, 1.82) is 0 Å². The Morgan fingerprint density at radius 2 is 2.29 bits per heavy atom. The lowest BCUT2D eigenvalue weighted by atomic mass is 10.0. The predicted molar refractivity (Wildman–Crippen MR) is 91.5 cm³/mol. The molecule has 1 saturated heterocycles. The van der Waals surface area contributed by atoms with Crippen LogP contribution in [0.4, 0.5) is 0 Å². The van der Waals surface area contributed by atoms with Gasteiger partial charge in [0.25, 0.3) is 0 Å². The van der Waals surface area contributed by atoms with Crippen molar-refractivity contribution >= 4 is 15.9 Å². The lowest BCUT2D eigenvalue weighted by molar-refractivity contribution is 0.154. The normalized spacial score (nSPS) is 21.4. The van der Waals surface area contributed by atoms with Crippen molar-refractivity contribution in [2.45, 2.75) is 44.8 Å². The summed E-state index contributed by atoms with van der Waals surface area (Å²) in [6.45, 7) is 6.34. The average molecular weight is 355 g/mol. The van der Waals surface area contributed by atoms with Gasteiger partial charge in [-0.05, 0) is 63.5 Å². The Kier molecular flexibility index (Phi) is 7.17. The van der Waals surface area contributed by atoms with E-state index in [1.165, 1.54) is 32.4 Å². The molecule has 2 rings (SSSR count). The topological polar surface area (TPSA) is 35.5 Å². The third-order valence-corrected chi connectivity index (χ3v) is 4.80. The molecule has 21 heavy (non-hydrogen) atoms. The lowest BCUT2D eigenvalue weighted by Gasteiger charge is -2.33. The van der Waals surface area contributed by atoms with E-state index in [-0.39, 0.29) is 0 Å². The Hall–Kier alpha value is -0.420. The number of aliphatic hydroxyl groups excluding tert-OH is 1. The molecular weight excluding hydrogens is 328 g/mol. The van der Waals surface area contributed by atoms with E-state index >= 15 is 0 Å². The molecule has 2 N–H and O–H groups in total. The van der Waals surface area contributed by atoms with Gasteiger partial charge in [0.2, 0.25) is 0 Å². The molecule has 0 saturated carbocycles. The van der Waals surface area contributed by atoms with Gasteiger partial charge < -0.3 is 15.3 Å². The Morgan fingerprint density at radius 1 is 1.43 bits per heavy atom. The molecule has 0 radical (unpaired) electrons. The second kappa shape index (κ2) is 8.89. The van der Waals surface area contributed by atoms with Gasteiger partial charge in [0.05, 0.1) is 6.10 Å². The number of aliphatic hydroxyl groups is 1. The summed E-state index contributed by atoms with van der Waals surface area (Å²) in [5.41, 5.74) is 0.960. The Balaban J connectivity index is 1.61. The maximum atomic E-state index is 10.1. The molecule has 0 spiro atoms. The zero-order valence-electron chi connectivity index (χ0n) is 12.9. The molecule has 0 bridgehead atoms.